The molecule has 0 spiro atoms. The summed E-state index contributed by atoms with van der Waals surface area (Å²) < 4.78 is 0. The highest BCUT2D eigenvalue weighted by atomic mass is 16.4. The van der Waals surface area contributed by atoms with Crippen molar-refractivity contribution in [1.82, 2.24) is 4.90 Å². The number of nitrogens with zero attached hydrogens (tertiary/aromatic N) is 1. The van der Waals surface area contributed by atoms with Crippen LogP contribution < -0.4 is 0 Å². The number of rotatable bonds is 5. The summed E-state index contributed by atoms with van der Waals surface area (Å²) in [7, 11) is 0. The Labute approximate surface area is 103 Å². The molecule has 1 N–H and O–H groups in total. The second-order valence-electron chi connectivity index (χ2n) is 5.81. The molecule has 0 radical (unpaired) electrons. The molecule has 1 aliphatic rings. The molecule has 0 aromatic carbocycles. The first-order valence-corrected chi connectivity index (χ1v) is 6.33. The SMILES string of the molecule is CCC1CCN(C(=O)CC(C)(C)CC(=O)O)C1. The van der Waals surface area contributed by atoms with Crippen LogP contribution in [0.3, 0.4) is 0 Å². The van der Waals surface area contributed by atoms with Gasteiger partial charge in [-0.1, -0.05) is 27.2 Å². The van der Waals surface area contributed by atoms with Crippen molar-refractivity contribution in [2.45, 2.75) is 46.5 Å². The topological polar surface area (TPSA) is 57.6 Å². The molecule has 1 saturated heterocycles. The number of hydrogen-bond acceptors (Lipinski definition) is 2. The fraction of sp³-hybridized carbons (Fsp3) is 0.846. The van der Waals surface area contributed by atoms with Crippen LogP contribution in [0.15, 0.2) is 0 Å². The third-order valence-corrected chi connectivity index (χ3v) is 3.48. The van der Waals surface area contributed by atoms with Crippen LogP contribution in [0.25, 0.3) is 0 Å². The minimum Gasteiger partial charge on any atom is -0.481 e. The van der Waals surface area contributed by atoms with Gasteiger partial charge in [0.2, 0.25) is 5.91 Å². The normalized spacial score (nSPS) is 20.6. The van der Waals surface area contributed by atoms with Crippen molar-refractivity contribution in [2.24, 2.45) is 11.3 Å². The van der Waals surface area contributed by atoms with Crippen LogP contribution in [0.4, 0.5) is 0 Å². The Bertz CT molecular complexity index is 299. The molecular weight excluding hydrogens is 218 g/mol. The lowest BCUT2D eigenvalue weighted by molar-refractivity contribution is -0.140. The van der Waals surface area contributed by atoms with E-state index in [1.54, 1.807) is 0 Å². The fourth-order valence-corrected chi connectivity index (χ4v) is 2.39. The van der Waals surface area contributed by atoms with Gasteiger partial charge in [-0.15, -0.1) is 0 Å². The Balaban J connectivity index is 2.46. The van der Waals surface area contributed by atoms with Crippen LogP contribution in [0.2, 0.25) is 0 Å². The smallest absolute Gasteiger partial charge is 0.303 e. The molecular formula is C13H23NO3. The Hall–Kier alpha value is -1.06. The molecule has 4 nitrogen and oxygen atoms in total. The second-order valence-corrected chi connectivity index (χ2v) is 5.81. The van der Waals surface area contributed by atoms with Crippen molar-refractivity contribution in [3.63, 3.8) is 0 Å². The van der Waals surface area contributed by atoms with Crippen molar-refractivity contribution >= 4 is 11.9 Å². The zero-order valence-electron chi connectivity index (χ0n) is 11.0. The lowest BCUT2D eigenvalue weighted by Crippen LogP contribution is -2.33. The van der Waals surface area contributed by atoms with E-state index < -0.39 is 11.4 Å². The van der Waals surface area contributed by atoms with E-state index in [-0.39, 0.29) is 12.3 Å². The number of amides is 1. The van der Waals surface area contributed by atoms with Crippen molar-refractivity contribution in [3.05, 3.63) is 0 Å². The molecule has 4 heteroatoms. The van der Waals surface area contributed by atoms with Crippen molar-refractivity contribution < 1.29 is 14.7 Å². The summed E-state index contributed by atoms with van der Waals surface area (Å²) in [6.07, 6.45) is 2.57. The predicted octanol–water partition coefficient (Wildman–Crippen LogP) is 2.14. The largest absolute Gasteiger partial charge is 0.481 e. The van der Waals surface area contributed by atoms with Gasteiger partial charge >= 0.3 is 5.97 Å². The highest BCUT2D eigenvalue weighted by Gasteiger charge is 2.30. The van der Waals surface area contributed by atoms with E-state index >= 15 is 0 Å². The minimum absolute atomic E-state index is 0.0454. The molecule has 17 heavy (non-hydrogen) atoms. The summed E-state index contributed by atoms with van der Waals surface area (Å²) in [4.78, 5) is 24.6. The highest BCUT2D eigenvalue weighted by Crippen LogP contribution is 2.28. The lowest BCUT2D eigenvalue weighted by atomic mass is 9.85. The molecule has 0 aliphatic carbocycles. The van der Waals surface area contributed by atoms with Crippen LogP contribution in [0, 0.1) is 11.3 Å². The minimum atomic E-state index is -0.837. The molecule has 1 heterocycles. The Morgan fingerprint density at radius 3 is 2.47 bits per heavy atom. The van der Waals surface area contributed by atoms with Gasteiger partial charge < -0.3 is 10.0 Å². The molecule has 0 aromatic heterocycles. The van der Waals surface area contributed by atoms with Gasteiger partial charge in [-0.3, -0.25) is 9.59 Å². The standard InChI is InChI=1S/C13H23NO3/c1-4-10-5-6-14(9-10)11(15)7-13(2,3)8-12(16)17/h10H,4-9H2,1-3H3,(H,16,17). The van der Waals surface area contributed by atoms with Gasteiger partial charge in [0.05, 0.1) is 6.42 Å². The molecule has 98 valence electrons. The maximum Gasteiger partial charge on any atom is 0.303 e. The van der Waals surface area contributed by atoms with Crippen molar-refractivity contribution in [1.29, 1.82) is 0 Å². The van der Waals surface area contributed by atoms with Crippen LogP contribution >= 0.6 is 0 Å². The summed E-state index contributed by atoms with van der Waals surface area (Å²) in [5.74, 6) is -0.107. The van der Waals surface area contributed by atoms with Gasteiger partial charge in [-0.05, 0) is 17.8 Å². The van der Waals surface area contributed by atoms with Crippen LogP contribution in [0.1, 0.15) is 46.5 Å². The molecule has 0 saturated carbocycles. The van der Waals surface area contributed by atoms with Crippen molar-refractivity contribution in [2.75, 3.05) is 13.1 Å². The highest BCUT2D eigenvalue weighted by molar-refractivity contribution is 5.78. The van der Waals surface area contributed by atoms with Gasteiger partial charge in [0.15, 0.2) is 0 Å². The number of hydrogen-bond donors (Lipinski definition) is 1. The summed E-state index contributed by atoms with van der Waals surface area (Å²) in [6, 6.07) is 0. The van der Waals surface area contributed by atoms with Crippen LogP contribution in [-0.2, 0) is 9.59 Å². The molecule has 1 unspecified atom stereocenters. The van der Waals surface area contributed by atoms with Gasteiger partial charge in [-0.2, -0.15) is 0 Å². The summed E-state index contributed by atoms with van der Waals surface area (Å²) in [6.45, 7) is 7.50. The third-order valence-electron chi connectivity index (χ3n) is 3.48. The van der Waals surface area contributed by atoms with Gasteiger partial charge in [0.25, 0.3) is 0 Å². The number of carbonyl (C=O) groups excluding carboxylic acids is 1. The van der Waals surface area contributed by atoms with Gasteiger partial charge in [0.1, 0.15) is 0 Å². The third kappa shape index (κ3) is 4.36. The molecule has 0 bridgehead atoms. The van der Waals surface area contributed by atoms with E-state index in [9.17, 15) is 9.59 Å². The van der Waals surface area contributed by atoms with Gasteiger partial charge in [0, 0.05) is 19.5 Å². The Kier molecular flexibility index (Phi) is 4.54. The Morgan fingerprint density at radius 2 is 2.00 bits per heavy atom. The van der Waals surface area contributed by atoms with E-state index in [0.29, 0.717) is 12.3 Å². The molecule has 1 amide bonds. The number of carboxylic acid groups (broad SMARTS) is 1. The zero-order chi connectivity index (χ0) is 13.1. The summed E-state index contributed by atoms with van der Waals surface area (Å²) >= 11 is 0. The molecule has 1 aliphatic heterocycles. The summed E-state index contributed by atoms with van der Waals surface area (Å²) in [5.41, 5.74) is -0.451. The van der Waals surface area contributed by atoms with E-state index in [1.807, 2.05) is 18.7 Å². The van der Waals surface area contributed by atoms with E-state index in [4.69, 9.17) is 5.11 Å². The van der Waals surface area contributed by atoms with Crippen LogP contribution in [-0.4, -0.2) is 35.0 Å². The number of aliphatic carboxylic acids is 1. The van der Waals surface area contributed by atoms with Gasteiger partial charge in [-0.25, -0.2) is 0 Å². The number of carbonyl (C=O) groups is 2. The molecule has 1 fully saturated rings. The predicted molar refractivity (Wildman–Crippen MR) is 65.6 cm³/mol. The molecule has 1 rings (SSSR count). The lowest BCUT2D eigenvalue weighted by Gasteiger charge is -2.25. The second kappa shape index (κ2) is 5.52. The Morgan fingerprint density at radius 1 is 1.35 bits per heavy atom. The number of likely N-dealkylation sites (tertiary alicyclic amines) is 1. The van der Waals surface area contributed by atoms with E-state index in [1.165, 1.54) is 0 Å². The first-order chi connectivity index (χ1) is 7.84. The zero-order valence-corrected chi connectivity index (χ0v) is 11.0. The average Bonchev–Trinajstić information content (AvgIpc) is 2.62. The quantitative estimate of drug-likeness (QED) is 0.802. The maximum absolute atomic E-state index is 12.0. The molecule has 0 aromatic rings. The summed E-state index contributed by atoms with van der Waals surface area (Å²) in [5, 5.41) is 8.78. The van der Waals surface area contributed by atoms with Crippen LogP contribution in [0.5, 0.6) is 0 Å². The van der Waals surface area contributed by atoms with Crippen molar-refractivity contribution in [3.8, 4) is 0 Å². The maximum atomic E-state index is 12.0. The monoisotopic (exact) mass is 241 g/mol. The van der Waals surface area contributed by atoms with E-state index in [2.05, 4.69) is 6.92 Å². The fourth-order valence-electron chi connectivity index (χ4n) is 2.39. The van der Waals surface area contributed by atoms with E-state index in [0.717, 1.165) is 25.9 Å². The first-order valence-electron chi connectivity index (χ1n) is 6.33. The number of carboxylic acids is 1. The molecule has 1 atom stereocenters. The first kappa shape index (κ1) is 14.0. The average molecular weight is 241 g/mol.